The van der Waals surface area contributed by atoms with Gasteiger partial charge in [0.25, 0.3) is 5.56 Å². The van der Waals surface area contributed by atoms with Gasteiger partial charge in [0.1, 0.15) is 60.6 Å². The molecular formula is C102H158N24O17. The van der Waals surface area contributed by atoms with Crippen molar-refractivity contribution in [1.82, 2.24) is 98.5 Å². The van der Waals surface area contributed by atoms with E-state index < -0.39 is 138 Å². The predicted molar refractivity (Wildman–Crippen MR) is 547 cm³/mol. The molecule has 1 fully saturated rings. The monoisotopic (exact) mass is 1990 g/mol. The number of piperazine rings is 1. The third kappa shape index (κ3) is 42.6. The number of nitrogens with two attached hydrogens (primary N) is 3. The normalized spacial score (nSPS) is 14.1. The third-order valence-electron chi connectivity index (χ3n) is 25.6. The molecule has 0 saturated carbocycles. The number of fused-ring (bicyclic) bond motifs is 2. The number of nitrogens with one attached hydrogen (secondary N) is 16. The lowest BCUT2D eigenvalue weighted by Crippen LogP contribution is -2.61. The predicted octanol–water partition coefficient (Wildman–Crippen LogP) is 4.88. The summed E-state index contributed by atoms with van der Waals surface area (Å²) in [5.41, 5.74) is 20.0. The summed E-state index contributed by atoms with van der Waals surface area (Å²) in [5.74, 6) is -10.8. The number of aromatic amines is 2. The minimum atomic E-state index is -1.75. The van der Waals surface area contributed by atoms with E-state index in [9.17, 15) is 67.4 Å². The molecule has 4 heterocycles. The Morgan fingerprint density at radius 3 is 1.63 bits per heavy atom. The largest absolute Gasteiger partial charge is 0.508 e. The van der Waals surface area contributed by atoms with Crippen molar-refractivity contribution in [3.05, 3.63) is 119 Å². The summed E-state index contributed by atoms with van der Waals surface area (Å²) in [4.78, 5) is 228. The Labute approximate surface area is 838 Å². The van der Waals surface area contributed by atoms with Gasteiger partial charge in [-0.2, -0.15) is 0 Å². The quantitative estimate of drug-likeness (QED) is 0.0137. The number of rotatable bonds is 69. The zero-order valence-electron chi connectivity index (χ0n) is 84.7. The van der Waals surface area contributed by atoms with E-state index in [1.807, 2.05) is 30.9 Å². The topological polar surface area (TPSA) is 613 Å². The number of guanidine groups is 1. The molecule has 1 saturated heterocycles. The summed E-state index contributed by atoms with van der Waals surface area (Å²) < 4.78 is 6.66. The van der Waals surface area contributed by atoms with Gasteiger partial charge in [-0.15, -0.1) is 0 Å². The molecule has 41 heteroatoms. The summed E-state index contributed by atoms with van der Waals surface area (Å²) in [5, 5.41) is 54.3. The molecule has 3 aromatic carbocycles. The molecule has 1 aliphatic rings. The molecule has 3 aromatic heterocycles. The van der Waals surface area contributed by atoms with Crippen molar-refractivity contribution >= 4 is 116 Å². The molecule has 41 nitrogen and oxygen atoms in total. The van der Waals surface area contributed by atoms with Crippen molar-refractivity contribution in [2.75, 3.05) is 77.5 Å². The molecule has 6 aromatic rings. The second kappa shape index (κ2) is 63.7. The van der Waals surface area contributed by atoms with Gasteiger partial charge in [-0.1, -0.05) is 188 Å². The van der Waals surface area contributed by atoms with Crippen LogP contribution in [0.15, 0.2) is 96.6 Å². The lowest BCUT2D eigenvalue weighted by molar-refractivity contribution is -0.137. The fourth-order valence-electron chi connectivity index (χ4n) is 17.0. The van der Waals surface area contributed by atoms with Gasteiger partial charge < -0.3 is 116 Å². The number of hydrogen-bond donors (Lipinski definition) is 20. The first-order valence-electron chi connectivity index (χ1n) is 51.1. The van der Waals surface area contributed by atoms with Crippen LogP contribution in [0.1, 0.15) is 245 Å². The molecule has 14 amide bonds. The number of H-pyrrole nitrogens is 2. The first kappa shape index (κ1) is 117. The molecule has 788 valence electrons. The molecular weight excluding hydrogens is 1830 g/mol. The van der Waals surface area contributed by atoms with Crippen LogP contribution >= 0.6 is 0 Å². The minimum absolute atomic E-state index is 0.00497. The van der Waals surface area contributed by atoms with Crippen LogP contribution in [0.4, 0.5) is 5.69 Å². The van der Waals surface area contributed by atoms with E-state index in [2.05, 4.69) is 96.0 Å². The number of primary amides is 1. The Morgan fingerprint density at radius 1 is 0.517 bits per heavy atom. The number of unbranched alkanes of at least 4 members (excludes halogenated alkanes) is 17. The van der Waals surface area contributed by atoms with Crippen molar-refractivity contribution in [2.45, 2.75) is 308 Å². The highest BCUT2D eigenvalue weighted by Gasteiger charge is 2.38. The Morgan fingerprint density at radius 2 is 1.05 bits per heavy atom. The van der Waals surface area contributed by atoms with Gasteiger partial charge in [-0.25, -0.2) is 9.97 Å². The number of anilines is 1. The highest BCUT2D eigenvalue weighted by atomic mass is 16.5. The molecule has 0 aliphatic carbocycles. The second-order valence-corrected chi connectivity index (χ2v) is 38.0. The summed E-state index contributed by atoms with van der Waals surface area (Å²) in [6, 6.07) is 5.81. The summed E-state index contributed by atoms with van der Waals surface area (Å²) in [6.45, 7) is 14.8. The maximum Gasteiger partial charge on any atom is 0.261 e. The van der Waals surface area contributed by atoms with Gasteiger partial charge in [0.15, 0.2) is 5.96 Å². The molecule has 7 rings (SSSR count). The Balaban J connectivity index is 0.927. The number of aromatic hydroxyl groups is 1. The second-order valence-electron chi connectivity index (χ2n) is 38.0. The Hall–Kier alpha value is -13.1. The molecule has 23 N–H and O–H groups in total. The highest BCUT2D eigenvalue weighted by Crippen LogP contribution is 2.25. The van der Waals surface area contributed by atoms with E-state index in [-0.39, 0.29) is 150 Å². The lowest BCUT2D eigenvalue weighted by Gasteiger charge is -2.38. The van der Waals surface area contributed by atoms with Crippen LogP contribution in [0.25, 0.3) is 21.8 Å². The van der Waals surface area contributed by atoms with E-state index >= 15 is 9.59 Å². The number of imidazole rings is 1. The maximum atomic E-state index is 15.1. The van der Waals surface area contributed by atoms with E-state index in [1.165, 1.54) is 140 Å². The average Bonchev–Trinajstić information content (AvgIpc) is 1.70. The fraction of sp³-hybridized carbons (Fsp3) is 0.608. The van der Waals surface area contributed by atoms with Gasteiger partial charge in [-0.05, 0) is 110 Å². The summed E-state index contributed by atoms with van der Waals surface area (Å²) in [6.07, 6.45) is 27.9. The first-order valence-corrected chi connectivity index (χ1v) is 51.1. The summed E-state index contributed by atoms with van der Waals surface area (Å²) in [7, 11) is 1.41. The standard InChI is InChI=1S/C102H158N24O17/c1-9-11-12-13-14-15-16-17-18-19-20-21-22-23-24-25-26-36-86(129)110-47-53-143-54-48-111-88(131)44-43-87(130)109-45-30-29-34-79(117-98(139)90(104)68(7)10-2)101(142)125-51-49-124(50-52-125)72-39-42-77-75(59-72)100(141)126(65-115-77)63-89(132)116-78(35-31-46-112-102(105)106)92(133)121-83(58-71-62-108-64-114-71)95(136)119-81(56-69-37-40-73(127)41-38-69)94(135)118-80(55-66(3)4)93(134)122-84(60-85(103)128)96(137)120-82(97(138)123-91(67(5)6)99(140)107-8)57-70-61-113-76-33-28-27-32-74(70)76/h27-28,32-33,37-42,59,61-62,64-68,78-84,90-91,113,127H,9-26,29-31,34-36,43-58,60,63,104H2,1-8H3,(H2,103,128)(H,107,140)(H,108,114)(H,109,130)(H,110,129)(H,111,131)(H,116,132)(H,117,139)(H,118,135)(H,119,136)(H,120,137)(H,121,133)(H,122,134)(H,123,138)(H4,105,106,112)/t68-,78-,79-,80-,81-,82-,83-,84-,90-,91-/m0/s1. The molecule has 143 heavy (non-hydrogen) atoms. The fourth-order valence-corrected chi connectivity index (χ4v) is 17.0. The number of nitrogens with zero attached hydrogens (tertiary/aromatic N) is 5. The van der Waals surface area contributed by atoms with E-state index in [0.717, 1.165) is 34.7 Å². The number of phenolic OH excluding ortho intramolecular Hbond substituents is 1. The summed E-state index contributed by atoms with van der Waals surface area (Å²) >= 11 is 0. The number of carbonyl (C=O) groups is 14. The minimum Gasteiger partial charge on any atom is -0.508 e. The van der Waals surface area contributed by atoms with Crippen molar-refractivity contribution in [2.24, 2.45) is 35.0 Å². The van der Waals surface area contributed by atoms with Crippen LogP contribution in [0.3, 0.4) is 0 Å². The number of phenols is 1. The number of para-hydroxylation sites is 1. The van der Waals surface area contributed by atoms with Gasteiger partial charge in [0, 0.05) is 133 Å². The van der Waals surface area contributed by atoms with Crippen LogP contribution in [0, 0.1) is 23.2 Å². The molecule has 0 bridgehead atoms. The lowest BCUT2D eigenvalue weighted by atomic mass is 9.98. The van der Waals surface area contributed by atoms with Crippen molar-refractivity contribution in [3.63, 3.8) is 0 Å². The van der Waals surface area contributed by atoms with E-state index in [4.69, 9.17) is 27.3 Å². The number of carbonyl (C=O) groups excluding carboxylic acids is 14. The van der Waals surface area contributed by atoms with Crippen LogP contribution in [0.5, 0.6) is 5.75 Å². The Bertz CT molecular complexity index is 5100. The highest BCUT2D eigenvalue weighted by molar-refractivity contribution is 6.00. The zero-order valence-corrected chi connectivity index (χ0v) is 84.7. The van der Waals surface area contributed by atoms with Crippen LogP contribution < -0.4 is 96.8 Å². The van der Waals surface area contributed by atoms with Crippen molar-refractivity contribution < 1.29 is 77.0 Å². The van der Waals surface area contributed by atoms with E-state index in [0.29, 0.717) is 79.9 Å². The number of likely N-dealkylation sites (N-methyl/N-ethyl adjacent to an activating group) is 1. The van der Waals surface area contributed by atoms with E-state index in [1.54, 1.807) is 69.1 Å². The smallest absolute Gasteiger partial charge is 0.261 e. The first-order chi connectivity index (χ1) is 68.6. The molecule has 1 aliphatic heterocycles. The third-order valence-corrected chi connectivity index (χ3v) is 25.6. The van der Waals surface area contributed by atoms with Crippen molar-refractivity contribution in [3.8, 4) is 5.75 Å². The van der Waals surface area contributed by atoms with Gasteiger partial charge in [-0.3, -0.25) is 81.9 Å². The van der Waals surface area contributed by atoms with Crippen molar-refractivity contribution in [1.29, 1.82) is 5.41 Å². The molecule has 0 radical (unpaired) electrons. The SMILES string of the molecule is CCCCCCCCCCCCCCCCCCCC(=O)NCCOCCNC(=O)CCC(=O)NCCCC[C@H](NC(=O)[C@@H](N)[C@@H](C)CC)C(=O)N1CCN(c2ccc3ncn(CC(=O)N[C@@H](CCCNC(=N)N)C(=O)N[C@@H](Cc4cnc[nH]4)C(=O)N[C@@H](Cc4ccc(O)cc4)C(=O)N[C@@H](CC(C)C)C(=O)N[C@@H](CC(N)=O)C(=O)N[C@@H](Cc4c[nH]c5ccccc45)C(=O)N[C@H](C(=O)NC)C(C)C)c(=O)c3c2)CC1. The van der Waals surface area contributed by atoms with Gasteiger partial charge in [0.05, 0.1) is 49.2 Å². The average molecular weight is 1990 g/mol. The van der Waals surface area contributed by atoms with Gasteiger partial charge in [0.2, 0.25) is 82.7 Å². The Kier molecular flexibility index (Phi) is 52.1. The molecule has 0 spiro atoms. The number of hydrogen-bond acceptors (Lipinski definition) is 22. The number of benzene rings is 3. The number of aromatic nitrogens is 5. The maximum absolute atomic E-state index is 15.1. The molecule has 10 atom stereocenters. The molecule has 0 unspecified atom stereocenters. The zero-order chi connectivity index (χ0) is 104. The van der Waals surface area contributed by atoms with Gasteiger partial charge >= 0.3 is 0 Å². The number of ether oxygens (including phenoxy) is 1. The van der Waals surface area contributed by atoms with Crippen LogP contribution in [-0.4, -0.2) is 250 Å². The number of amides is 14. The van der Waals surface area contributed by atoms with Crippen LogP contribution in [0.2, 0.25) is 0 Å². The van der Waals surface area contributed by atoms with Crippen LogP contribution in [-0.2, 0) is 97.7 Å².